The summed E-state index contributed by atoms with van der Waals surface area (Å²) in [5.41, 5.74) is 1.29. The van der Waals surface area contributed by atoms with E-state index in [9.17, 15) is 0 Å². The van der Waals surface area contributed by atoms with Crippen molar-refractivity contribution in [3.63, 3.8) is 0 Å². The quantitative estimate of drug-likeness (QED) is 0.820. The number of nitrogens with zero attached hydrogens (tertiary/aromatic N) is 3. The second-order valence-corrected chi connectivity index (χ2v) is 5.95. The van der Waals surface area contributed by atoms with Crippen LogP contribution in [0.2, 0.25) is 0 Å². The summed E-state index contributed by atoms with van der Waals surface area (Å²) in [5.74, 6) is 2.07. The zero-order chi connectivity index (χ0) is 15.9. The van der Waals surface area contributed by atoms with Gasteiger partial charge in [0.2, 0.25) is 5.88 Å². The molecule has 2 aromatic rings. The van der Waals surface area contributed by atoms with Gasteiger partial charge in [-0.05, 0) is 37.1 Å². The maximum absolute atomic E-state index is 5.76. The molecular weight excluding hydrogens is 290 g/mol. The molecule has 0 radical (unpaired) electrons. The summed E-state index contributed by atoms with van der Waals surface area (Å²) in [6, 6.07) is 8.30. The summed E-state index contributed by atoms with van der Waals surface area (Å²) < 4.78 is 11.1. The van der Waals surface area contributed by atoms with Crippen LogP contribution in [0.5, 0.6) is 11.6 Å². The van der Waals surface area contributed by atoms with Gasteiger partial charge in [-0.2, -0.15) is 0 Å². The highest BCUT2D eigenvalue weighted by Crippen LogP contribution is 2.21. The van der Waals surface area contributed by atoms with Crippen molar-refractivity contribution in [1.82, 2.24) is 14.9 Å². The Balaban J connectivity index is 1.51. The molecule has 1 atom stereocenters. The van der Waals surface area contributed by atoms with Crippen molar-refractivity contribution in [2.45, 2.75) is 19.4 Å². The van der Waals surface area contributed by atoms with Gasteiger partial charge in [-0.1, -0.05) is 12.1 Å². The highest BCUT2D eigenvalue weighted by atomic mass is 16.5. The number of likely N-dealkylation sites (tertiary alicyclic amines) is 1. The molecule has 0 bridgehead atoms. The molecular formula is C18H23N3O2. The van der Waals surface area contributed by atoms with E-state index in [4.69, 9.17) is 9.47 Å². The number of aromatic nitrogens is 2. The molecule has 0 spiro atoms. The second kappa shape index (κ2) is 7.92. The number of methoxy groups -OCH3 is 1. The van der Waals surface area contributed by atoms with Crippen LogP contribution in [0.1, 0.15) is 18.4 Å². The Morgan fingerprint density at radius 3 is 3.09 bits per heavy atom. The van der Waals surface area contributed by atoms with Gasteiger partial charge in [-0.15, -0.1) is 0 Å². The lowest BCUT2D eigenvalue weighted by Gasteiger charge is -2.32. The predicted molar refractivity (Wildman–Crippen MR) is 88.5 cm³/mol. The number of rotatable bonds is 6. The summed E-state index contributed by atoms with van der Waals surface area (Å²) in [6.07, 6.45) is 7.39. The van der Waals surface area contributed by atoms with Gasteiger partial charge >= 0.3 is 0 Å². The third kappa shape index (κ3) is 4.66. The highest BCUT2D eigenvalue weighted by Gasteiger charge is 2.20. The minimum Gasteiger partial charge on any atom is -0.497 e. The normalized spacial score (nSPS) is 18.6. The fraction of sp³-hybridized carbons (Fsp3) is 0.444. The number of hydrogen-bond acceptors (Lipinski definition) is 5. The van der Waals surface area contributed by atoms with Crippen molar-refractivity contribution in [2.75, 3.05) is 26.8 Å². The Morgan fingerprint density at radius 1 is 1.30 bits per heavy atom. The Kier molecular flexibility index (Phi) is 5.42. The maximum Gasteiger partial charge on any atom is 0.232 e. The van der Waals surface area contributed by atoms with Crippen molar-refractivity contribution in [3.8, 4) is 11.6 Å². The predicted octanol–water partition coefficient (Wildman–Crippen LogP) is 2.78. The first-order valence-corrected chi connectivity index (χ1v) is 8.07. The van der Waals surface area contributed by atoms with Gasteiger partial charge in [-0.3, -0.25) is 9.88 Å². The molecule has 1 saturated heterocycles. The van der Waals surface area contributed by atoms with Crippen molar-refractivity contribution >= 4 is 0 Å². The minimum absolute atomic E-state index is 0.538. The van der Waals surface area contributed by atoms with Crippen LogP contribution in [0.3, 0.4) is 0 Å². The van der Waals surface area contributed by atoms with Gasteiger partial charge in [0.1, 0.15) is 5.75 Å². The maximum atomic E-state index is 5.76. The zero-order valence-corrected chi connectivity index (χ0v) is 13.5. The summed E-state index contributed by atoms with van der Waals surface area (Å²) in [7, 11) is 1.71. The summed E-state index contributed by atoms with van der Waals surface area (Å²) in [6.45, 7) is 3.85. The van der Waals surface area contributed by atoms with Crippen LogP contribution >= 0.6 is 0 Å². The fourth-order valence-electron chi connectivity index (χ4n) is 3.02. The lowest BCUT2D eigenvalue weighted by atomic mass is 9.98. The zero-order valence-electron chi connectivity index (χ0n) is 13.5. The number of benzene rings is 1. The SMILES string of the molecule is COc1cccc(CN2CCCC(COc3cnccn3)C2)c1. The summed E-state index contributed by atoms with van der Waals surface area (Å²) >= 11 is 0. The monoisotopic (exact) mass is 313 g/mol. The fourth-order valence-corrected chi connectivity index (χ4v) is 3.02. The molecule has 23 heavy (non-hydrogen) atoms. The van der Waals surface area contributed by atoms with E-state index >= 15 is 0 Å². The molecule has 5 nitrogen and oxygen atoms in total. The van der Waals surface area contributed by atoms with Crippen LogP contribution in [0, 0.1) is 5.92 Å². The third-order valence-electron chi connectivity index (χ3n) is 4.15. The first-order valence-electron chi connectivity index (χ1n) is 8.07. The Hall–Kier alpha value is -2.14. The van der Waals surface area contributed by atoms with Gasteiger partial charge < -0.3 is 9.47 Å². The van der Waals surface area contributed by atoms with Gasteiger partial charge in [0.25, 0.3) is 0 Å². The van der Waals surface area contributed by atoms with E-state index in [-0.39, 0.29) is 0 Å². The number of piperidine rings is 1. The van der Waals surface area contributed by atoms with E-state index < -0.39 is 0 Å². The molecule has 0 saturated carbocycles. The third-order valence-corrected chi connectivity index (χ3v) is 4.15. The van der Waals surface area contributed by atoms with Gasteiger partial charge in [0.15, 0.2) is 0 Å². The molecule has 0 N–H and O–H groups in total. The van der Waals surface area contributed by atoms with Crippen LogP contribution in [0.15, 0.2) is 42.9 Å². The first kappa shape index (κ1) is 15.7. The van der Waals surface area contributed by atoms with Crippen LogP contribution in [0.4, 0.5) is 0 Å². The lowest BCUT2D eigenvalue weighted by molar-refractivity contribution is 0.123. The smallest absolute Gasteiger partial charge is 0.232 e. The largest absolute Gasteiger partial charge is 0.497 e. The molecule has 1 unspecified atom stereocenters. The number of hydrogen-bond donors (Lipinski definition) is 0. The standard InChI is InChI=1S/C18H23N3O2/c1-22-17-6-2-4-15(10-17)12-21-9-3-5-16(13-21)14-23-18-11-19-7-8-20-18/h2,4,6-8,10-11,16H,3,5,9,12-14H2,1H3. The summed E-state index contributed by atoms with van der Waals surface area (Å²) in [4.78, 5) is 10.7. The van der Waals surface area contributed by atoms with E-state index in [1.807, 2.05) is 12.1 Å². The molecule has 0 aliphatic carbocycles. The van der Waals surface area contributed by atoms with Gasteiger partial charge in [0.05, 0.1) is 19.9 Å². The molecule has 1 aromatic heterocycles. The van der Waals surface area contributed by atoms with Gasteiger partial charge in [-0.25, -0.2) is 4.98 Å². The topological polar surface area (TPSA) is 47.5 Å². The van der Waals surface area contributed by atoms with Crippen LogP contribution in [-0.4, -0.2) is 41.7 Å². The van der Waals surface area contributed by atoms with Crippen LogP contribution < -0.4 is 9.47 Å². The highest BCUT2D eigenvalue weighted by molar-refractivity contribution is 5.28. The van der Waals surface area contributed by atoms with E-state index in [0.29, 0.717) is 18.4 Å². The minimum atomic E-state index is 0.538. The molecule has 1 aromatic carbocycles. The molecule has 0 amide bonds. The van der Waals surface area contributed by atoms with E-state index in [2.05, 4.69) is 27.0 Å². The van der Waals surface area contributed by atoms with E-state index in [1.165, 1.54) is 18.4 Å². The molecule has 1 aliphatic heterocycles. The molecule has 3 rings (SSSR count). The Bertz CT molecular complexity index is 606. The van der Waals surface area contributed by atoms with Crippen molar-refractivity contribution in [2.24, 2.45) is 5.92 Å². The lowest BCUT2D eigenvalue weighted by Crippen LogP contribution is -2.37. The summed E-state index contributed by atoms with van der Waals surface area (Å²) in [5, 5.41) is 0. The molecule has 122 valence electrons. The Morgan fingerprint density at radius 2 is 2.26 bits per heavy atom. The Labute approximate surface area is 137 Å². The molecule has 1 aliphatic rings. The van der Waals surface area contributed by atoms with Gasteiger partial charge in [0, 0.05) is 31.4 Å². The van der Waals surface area contributed by atoms with Crippen LogP contribution in [-0.2, 0) is 6.54 Å². The first-order chi connectivity index (χ1) is 11.3. The average molecular weight is 313 g/mol. The average Bonchev–Trinajstić information content (AvgIpc) is 2.61. The number of ether oxygens (including phenoxy) is 2. The van der Waals surface area contributed by atoms with E-state index in [1.54, 1.807) is 25.7 Å². The van der Waals surface area contributed by atoms with Crippen molar-refractivity contribution in [1.29, 1.82) is 0 Å². The molecule has 1 fully saturated rings. The van der Waals surface area contributed by atoms with Crippen molar-refractivity contribution < 1.29 is 9.47 Å². The van der Waals surface area contributed by atoms with Crippen LogP contribution in [0.25, 0.3) is 0 Å². The molecule has 5 heteroatoms. The second-order valence-electron chi connectivity index (χ2n) is 5.95. The van der Waals surface area contributed by atoms with E-state index in [0.717, 1.165) is 25.4 Å². The molecule has 2 heterocycles. The van der Waals surface area contributed by atoms with Crippen molar-refractivity contribution in [3.05, 3.63) is 48.4 Å².